The number of amides is 1. The lowest BCUT2D eigenvalue weighted by molar-refractivity contribution is -0.118. The Labute approximate surface area is 192 Å². The molecule has 5 heteroatoms. The fraction of sp³-hybridized carbons (Fsp3) is 0.519. The molecule has 2 aromatic carbocycles. The summed E-state index contributed by atoms with van der Waals surface area (Å²) in [5, 5.41) is 0. The number of benzene rings is 2. The van der Waals surface area contributed by atoms with Gasteiger partial charge in [-0.2, -0.15) is 0 Å². The molecule has 0 saturated carbocycles. The molecule has 1 saturated heterocycles. The van der Waals surface area contributed by atoms with Crippen LogP contribution in [0.3, 0.4) is 0 Å². The molecule has 0 aromatic heterocycles. The number of para-hydroxylation sites is 1. The van der Waals surface area contributed by atoms with Crippen LogP contribution in [0.1, 0.15) is 62.0 Å². The van der Waals surface area contributed by atoms with E-state index in [0.717, 1.165) is 56.2 Å². The number of hydrogen-bond acceptors (Lipinski definition) is 4. The van der Waals surface area contributed by atoms with Crippen LogP contribution in [-0.4, -0.2) is 51.2 Å². The van der Waals surface area contributed by atoms with Crippen molar-refractivity contribution in [3.8, 4) is 11.5 Å². The van der Waals surface area contributed by atoms with Gasteiger partial charge in [0.25, 0.3) is 0 Å². The number of rotatable bonds is 7. The first-order chi connectivity index (χ1) is 15.6. The van der Waals surface area contributed by atoms with Crippen molar-refractivity contribution in [1.29, 1.82) is 0 Å². The van der Waals surface area contributed by atoms with E-state index in [9.17, 15) is 4.79 Å². The summed E-state index contributed by atoms with van der Waals surface area (Å²) in [7, 11) is 3.38. The Balaban J connectivity index is 1.33. The van der Waals surface area contributed by atoms with Crippen LogP contribution in [0.15, 0.2) is 42.5 Å². The molecule has 2 aromatic rings. The lowest BCUT2D eigenvalue weighted by atomic mass is 9.86. The molecule has 2 heterocycles. The van der Waals surface area contributed by atoms with Crippen molar-refractivity contribution in [1.82, 2.24) is 4.90 Å². The summed E-state index contributed by atoms with van der Waals surface area (Å²) in [5.41, 5.74) is 3.83. The number of fused-ring (bicyclic) bond motifs is 1. The van der Waals surface area contributed by atoms with Gasteiger partial charge in [-0.15, -0.1) is 0 Å². The van der Waals surface area contributed by atoms with Gasteiger partial charge in [0.1, 0.15) is 0 Å². The molecule has 1 unspecified atom stereocenters. The standard InChI is InChI=1S/C27H36N2O3/c1-4-27(30)29-18-14-21(23-7-5-6-8-24(23)29)13-17-28-15-11-20(12-16-28)22-9-10-25(31-2)26(19-22)32-3/h5-10,19-21H,4,11-18H2,1-3H3. The summed E-state index contributed by atoms with van der Waals surface area (Å²) in [4.78, 5) is 17.0. The van der Waals surface area contributed by atoms with Crippen molar-refractivity contribution in [2.45, 2.75) is 50.9 Å². The fourth-order valence-electron chi connectivity index (χ4n) is 5.32. The van der Waals surface area contributed by atoms with Crippen molar-refractivity contribution >= 4 is 11.6 Å². The van der Waals surface area contributed by atoms with E-state index in [2.05, 4.69) is 41.3 Å². The van der Waals surface area contributed by atoms with Crippen LogP contribution in [-0.2, 0) is 4.79 Å². The van der Waals surface area contributed by atoms with Gasteiger partial charge in [-0.1, -0.05) is 31.2 Å². The van der Waals surface area contributed by atoms with Gasteiger partial charge < -0.3 is 19.3 Å². The molecule has 0 spiro atoms. The zero-order chi connectivity index (χ0) is 22.5. The zero-order valence-corrected chi connectivity index (χ0v) is 19.7. The second-order valence-electron chi connectivity index (χ2n) is 8.96. The normalized spacial score (nSPS) is 19.5. The van der Waals surface area contributed by atoms with Crippen molar-refractivity contribution < 1.29 is 14.3 Å². The molecule has 5 nitrogen and oxygen atoms in total. The minimum atomic E-state index is 0.230. The van der Waals surface area contributed by atoms with Crippen molar-refractivity contribution in [2.75, 3.05) is 45.3 Å². The second kappa shape index (κ2) is 10.4. The number of methoxy groups -OCH3 is 2. The van der Waals surface area contributed by atoms with E-state index in [0.29, 0.717) is 18.3 Å². The quantitative estimate of drug-likeness (QED) is 0.598. The SMILES string of the molecule is CCC(=O)N1CCC(CCN2CCC(c3ccc(OC)c(OC)c3)CC2)c2ccccc21. The fourth-order valence-corrected chi connectivity index (χ4v) is 5.32. The minimum Gasteiger partial charge on any atom is -0.493 e. The number of anilines is 1. The number of carbonyl (C=O) groups is 1. The molecule has 0 radical (unpaired) electrons. The molecule has 0 N–H and O–H groups in total. The number of likely N-dealkylation sites (tertiary alicyclic amines) is 1. The summed E-state index contributed by atoms with van der Waals surface area (Å²) >= 11 is 0. The number of nitrogens with zero attached hydrogens (tertiary/aromatic N) is 2. The molecule has 1 amide bonds. The van der Waals surface area contributed by atoms with Crippen LogP contribution in [0.5, 0.6) is 11.5 Å². The Morgan fingerprint density at radius 3 is 2.44 bits per heavy atom. The summed E-state index contributed by atoms with van der Waals surface area (Å²) in [6.45, 7) is 6.18. The van der Waals surface area contributed by atoms with Gasteiger partial charge in [0.2, 0.25) is 5.91 Å². The molecule has 1 atom stereocenters. The van der Waals surface area contributed by atoms with E-state index in [1.165, 1.54) is 24.0 Å². The van der Waals surface area contributed by atoms with Gasteiger partial charge in [-0.3, -0.25) is 4.79 Å². The van der Waals surface area contributed by atoms with E-state index in [-0.39, 0.29) is 5.91 Å². The highest BCUT2D eigenvalue weighted by molar-refractivity contribution is 5.94. The van der Waals surface area contributed by atoms with Crippen LogP contribution >= 0.6 is 0 Å². The van der Waals surface area contributed by atoms with Crippen molar-refractivity contribution in [2.24, 2.45) is 0 Å². The number of piperidine rings is 1. The molecule has 32 heavy (non-hydrogen) atoms. The van der Waals surface area contributed by atoms with Crippen LogP contribution < -0.4 is 14.4 Å². The molecule has 172 valence electrons. The maximum atomic E-state index is 12.4. The van der Waals surface area contributed by atoms with Crippen LogP contribution in [0.25, 0.3) is 0 Å². The Hall–Kier alpha value is -2.53. The van der Waals surface area contributed by atoms with E-state index < -0.39 is 0 Å². The third-order valence-electron chi connectivity index (χ3n) is 7.23. The first kappa shape index (κ1) is 22.7. The van der Waals surface area contributed by atoms with Crippen LogP contribution in [0.2, 0.25) is 0 Å². The Morgan fingerprint density at radius 1 is 0.969 bits per heavy atom. The molecule has 0 aliphatic carbocycles. The number of ether oxygens (including phenoxy) is 2. The largest absolute Gasteiger partial charge is 0.493 e. The topological polar surface area (TPSA) is 42.0 Å². The van der Waals surface area contributed by atoms with Crippen LogP contribution in [0, 0.1) is 0 Å². The first-order valence-electron chi connectivity index (χ1n) is 12.0. The molecular formula is C27H36N2O3. The Bertz CT molecular complexity index is 921. The maximum Gasteiger partial charge on any atom is 0.226 e. The predicted molar refractivity (Wildman–Crippen MR) is 129 cm³/mol. The average molecular weight is 437 g/mol. The van der Waals surface area contributed by atoms with Crippen LogP contribution in [0.4, 0.5) is 5.69 Å². The second-order valence-corrected chi connectivity index (χ2v) is 8.96. The highest BCUT2D eigenvalue weighted by Gasteiger charge is 2.28. The lowest BCUT2D eigenvalue weighted by Gasteiger charge is -2.36. The first-order valence-corrected chi connectivity index (χ1v) is 12.0. The van der Waals surface area contributed by atoms with E-state index in [1.807, 2.05) is 17.9 Å². The average Bonchev–Trinajstić information content (AvgIpc) is 2.86. The number of hydrogen-bond donors (Lipinski definition) is 0. The Morgan fingerprint density at radius 2 is 1.72 bits per heavy atom. The van der Waals surface area contributed by atoms with Gasteiger partial charge in [0.15, 0.2) is 11.5 Å². The third kappa shape index (κ3) is 4.78. The van der Waals surface area contributed by atoms with E-state index >= 15 is 0 Å². The van der Waals surface area contributed by atoms with E-state index in [4.69, 9.17) is 9.47 Å². The summed E-state index contributed by atoms with van der Waals surface area (Å²) in [5.74, 6) is 2.96. The van der Waals surface area contributed by atoms with E-state index in [1.54, 1.807) is 14.2 Å². The van der Waals surface area contributed by atoms with Crippen molar-refractivity contribution in [3.63, 3.8) is 0 Å². The molecule has 2 aliphatic rings. The monoisotopic (exact) mass is 436 g/mol. The molecular weight excluding hydrogens is 400 g/mol. The van der Waals surface area contributed by atoms with Gasteiger partial charge in [-0.05, 0) is 86.5 Å². The van der Waals surface area contributed by atoms with Gasteiger partial charge >= 0.3 is 0 Å². The summed E-state index contributed by atoms with van der Waals surface area (Å²) in [6, 6.07) is 14.8. The minimum absolute atomic E-state index is 0.230. The van der Waals surface area contributed by atoms with Gasteiger partial charge in [-0.25, -0.2) is 0 Å². The maximum absolute atomic E-state index is 12.4. The van der Waals surface area contributed by atoms with Gasteiger partial charge in [0, 0.05) is 18.7 Å². The third-order valence-corrected chi connectivity index (χ3v) is 7.23. The molecule has 1 fully saturated rings. The molecule has 2 aliphatic heterocycles. The zero-order valence-electron chi connectivity index (χ0n) is 19.7. The lowest BCUT2D eigenvalue weighted by Crippen LogP contribution is -2.38. The number of carbonyl (C=O) groups excluding carboxylic acids is 1. The van der Waals surface area contributed by atoms with Gasteiger partial charge in [0.05, 0.1) is 14.2 Å². The predicted octanol–water partition coefficient (Wildman–Crippen LogP) is 5.20. The highest BCUT2D eigenvalue weighted by atomic mass is 16.5. The van der Waals surface area contributed by atoms with Crippen molar-refractivity contribution in [3.05, 3.63) is 53.6 Å². The molecule has 0 bridgehead atoms. The summed E-state index contributed by atoms with van der Waals surface area (Å²) in [6.07, 6.45) is 5.14. The highest BCUT2D eigenvalue weighted by Crippen LogP contribution is 2.38. The summed E-state index contributed by atoms with van der Waals surface area (Å²) < 4.78 is 10.9. The molecule has 4 rings (SSSR count). The Kier molecular flexibility index (Phi) is 7.36. The smallest absolute Gasteiger partial charge is 0.226 e.